The van der Waals surface area contributed by atoms with Crippen LogP contribution in [-0.4, -0.2) is 18.0 Å². The predicted octanol–water partition coefficient (Wildman–Crippen LogP) is 1.85. The van der Waals surface area contributed by atoms with Crippen molar-refractivity contribution < 1.29 is 4.74 Å². The molecule has 0 aromatic heterocycles. The summed E-state index contributed by atoms with van der Waals surface area (Å²) in [5.41, 5.74) is -0.0559. The maximum absolute atomic E-state index is 5.56. The Kier molecular flexibility index (Phi) is 1.71. The minimum absolute atomic E-state index is 0.0559. The maximum Gasteiger partial charge on any atom is 0.186 e. The molecular weight excluding hydrogens is 126 g/mol. The van der Waals surface area contributed by atoms with Crippen molar-refractivity contribution in [1.29, 1.82) is 0 Å². The van der Waals surface area contributed by atoms with Gasteiger partial charge in [0.05, 0.1) is 6.54 Å². The van der Waals surface area contributed by atoms with Gasteiger partial charge in [0.25, 0.3) is 0 Å². The first-order chi connectivity index (χ1) is 4.51. The molecule has 0 saturated carbocycles. The van der Waals surface area contributed by atoms with Gasteiger partial charge < -0.3 is 4.74 Å². The summed E-state index contributed by atoms with van der Waals surface area (Å²) in [6.07, 6.45) is 0. The van der Waals surface area contributed by atoms with Crippen molar-refractivity contribution in [2.24, 2.45) is 10.9 Å². The highest BCUT2D eigenvalue weighted by Crippen LogP contribution is 2.20. The van der Waals surface area contributed by atoms with Gasteiger partial charge in [0.1, 0.15) is 5.60 Å². The quantitative estimate of drug-likeness (QED) is 0.546. The van der Waals surface area contributed by atoms with Crippen molar-refractivity contribution in [1.82, 2.24) is 0 Å². The summed E-state index contributed by atoms with van der Waals surface area (Å²) in [5.74, 6) is 1.34. The Morgan fingerprint density at radius 3 is 2.30 bits per heavy atom. The Bertz CT molecular complexity index is 159. The van der Waals surface area contributed by atoms with Gasteiger partial charge in [-0.05, 0) is 13.8 Å². The zero-order valence-corrected chi connectivity index (χ0v) is 7.14. The summed E-state index contributed by atoms with van der Waals surface area (Å²) < 4.78 is 5.56. The molecule has 0 unspecified atom stereocenters. The molecule has 1 heterocycles. The third-order valence-electron chi connectivity index (χ3n) is 1.49. The van der Waals surface area contributed by atoms with Gasteiger partial charge in [0, 0.05) is 5.92 Å². The second-order valence-corrected chi connectivity index (χ2v) is 3.67. The number of hydrogen-bond acceptors (Lipinski definition) is 2. The van der Waals surface area contributed by atoms with Crippen LogP contribution in [0.15, 0.2) is 4.99 Å². The van der Waals surface area contributed by atoms with Crippen LogP contribution in [0.25, 0.3) is 0 Å². The molecule has 1 aliphatic heterocycles. The number of aliphatic imine (C=N–C) groups is 1. The van der Waals surface area contributed by atoms with E-state index in [1.54, 1.807) is 0 Å². The Balaban J connectivity index is 2.55. The van der Waals surface area contributed by atoms with Gasteiger partial charge in [0.2, 0.25) is 0 Å². The Morgan fingerprint density at radius 1 is 1.50 bits per heavy atom. The largest absolute Gasteiger partial charge is 0.473 e. The minimum Gasteiger partial charge on any atom is -0.473 e. The highest BCUT2D eigenvalue weighted by atomic mass is 16.5. The lowest BCUT2D eigenvalue weighted by molar-refractivity contribution is 0.123. The summed E-state index contributed by atoms with van der Waals surface area (Å²) in [5, 5.41) is 0. The molecule has 58 valence electrons. The van der Waals surface area contributed by atoms with E-state index in [0.29, 0.717) is 5.92 Å². The molecule has 0 aliphatic carbocycles. The van der Waals surface area contributed by atoms with Gasteiger partial charge >= 0.3 is 0 Å². The fourth-order valence-corrected chi connectivity index (χ4v) is 0.916. The molecule has 10 heavy (non-hydrogen) atoms. The van der Waals surface area contributed by atoms with Crippen LogP contribution in [0.5, 0.6) is 0 Å². The summed E-state index contributed by atoms with van der Waals surface area (Å²) >= 11 is 0. The van der Waals surface area contributed by atoms with Gasteiger partial charge in [-0.1, -0.05) is 13.8 Å². The summed E-state index contributed by atoms with van der Waals surface area (Å²) in [4.78, 5) is 4.28. The monoisotopic (exact) mass is 141 g/mol. The van der Waals surface area contributed by atoms with Gasteiger partial charge in [0.15, 0.2) is 5.90 Å². The molecule has 0 radical (unpaired) electrons. The van der Waals surface area contributed by atoms with Crippen LogP contribution in [0.2, 0.25) is 0 Å². The van der Waals surface area contributed by atoms with Crippen molar-refractivity contribution in [3.63, 3.8) is 0 Å². The highest BCUT2D eigenvalue weighted by molar-refractivity contribution is 5.79. The first-order valence-corrected chi connectivity index (χ1v) is 3.75. The van der Waals surface area contributed by atoms with E-state index in [9.17, 15) is 0 Å². The average Bonchev–Trinajstić information content (AvgIpc) is 2.10. The molecule has 1 aliphatic rings. The van der Waals surface area contributed by atoms with Crippen molar-refractivity contribution in [2.75, 3.05) is 6.54 Å². The van der Waals surface area contributed by atoms with Gasteiger partial charge in [-0.15, -0.1) is 0 Å². The SMILES string of the molecule is CC(C)C1=NCC(C)(C)O1. The molecule has 0 atom stereocenters. The second kappa shape index (κ2) is 2.26. The third-order valence-corrected chi connectivity index (χ3v) is 1.49. The molecule has 2 heteroatoms. The fraction of sp³-hybridized carbons (Fsp3) is 0.875. The van der Waals surface area contributed by atoms with Crippen LogP contribution in [-0.2, 0) is 4.74 Å². The van der Waals surface area contributed by atoms with Crippen LogP contribution in [0.1, 0.15) is 27.7 Å². The first-order valence-electron chi connectivity index (χ1n) is 3.75. The average molecular weight is 141 g/mol. The number of hydrogen-bond donors (Lipinski definition) is 0. The number of rotatable bonds is 1. The topological polar surface area (TPSA) is 21.6 Å². The maximum atomic E-state index is 5.56. The van der Waals surface area contributed by atoms with Crippen LogP contribution in [0.4, 0.5) is 0 Å². The van der Waals surface area contributed by atoms with Gasteiger partial charge in [-0.3, -0.25) is 4.99 Å². The fourth-order valence-electron chi connectivity index (χ4n) is 0.916. The lowest BCUT2D eigenvalue weighted by atomic mass is 10.1. The van der Waals surface area contributed by atoms with Gasteiger partial charge in [-0.2, -0.15) is 0 Å². The zero-order valence-electron chi connectivity index (χ0n) is 7.14. The van der Waals surface area contributed by atoms with E-state index < -0.39 is 0 Å². The molecule has 2 nitrogen and oxygen atoms in total. The summed E-state index contributed by atoms with van der Waals surface area (Å²) in [6.45, 7) is 9.12. The normalized spacial score (nSPS) is 22.7. The lowest BCUT2D eigenvalue weighted by Crippen LogP contribution is -2.25. The molecular formula is C8H15NO. The second-order valence-electron chi connectivity index (χ2n) is 3.67. The van der Waals surface area contributed by atoms with Crippen LogP contribution in [0, 0.1) is 5.92 Å². The van der Waals surface area contributed by atoms with Crippen LogP contribution >= 0.6 is 0 Å². The van der Waals surface area contributed by atoms with Crippen molar-refractivity contribution in [3.05, 3.63) is 0 Å². The molecule has 0 aromatic carbocycles. The standard InChI is InChI=1S/C8H15NO/c1-6(2)7-9-5-8(3,4)10-7/h6H,5H2,1-4H3. The molecule has 0 fully saturated rings. The highest BCUT2D eigenvalue weighted by Gasteiger charge is 2.28. The molecule has 0 amide bonds. The Labute approximate surface area is 62.3 Å². The molecule has 1 rings (SSSR count). The van der Waals surface area contributed by atoms with E-state index >= 15 is 0 Å². The number of ether oxygens (including phenoxy) is 1. The van der Waals surface area contributed by atoms with Crippen molar-refractivity contribution >= 4 is 5.90 Å². The summed E-state index contributed by atoms with van der Waals surface area (Å²) in [7, 11) is 0. The van der Waals surface area contributed by atoms with E-state index in [0.717, 1.165) is 12.4 Å². The molecule has 0 bridgehead atoms. The van der Waals surface area contributed by atoms with E-state index in [-0.39, 0.29) is 5.60 Å². The number of nitrogens with zero attached hydrogens (tertiary/aromatic N) is 1. The van der Waals surface area contributed by atoms with Crippen LogP contribution < -0.4 is 0 Å². The van der Waals surface area contributed by atoms with E-state index in [1.807, 2.05) is 0 Å². The first kappa shape index (κ1) is 7.58. The molecule has 0 aromatic rings. The van der Waals surface area contributed by atoms with Crippen molar-refractivity contribution in [3.8, 4) is 0 Å². The predicted molar refractivity (Wildman–Crippen MR) is 42.3 cm³/mol. The Morgan fingerprint density at radius 2 is 2.10 bits per heavy atom. The molecule has 0 spiro atoms. The van der Waals surface area contributed by atoms with E-state index in [1.165, 1.54) is 0 Å². The van der Waals surface area contributed by atoms with Crippen molar-refractivity contribution in [2.45, 2.75) is 33.3 Å². The smallest absolute Gasteiger partial charge is 0.186 e. The van der Waals surface area contributed by atoms with E-state index in [2.05, 4.69) is 32.7 Å². The zero-order chi connectivity index (χ0) is 7.78. The lowest BCUT2D eigenvalue weighted by Gasteiger charge is -2.18. The molecule has 0 N–H and O–H groups in total. The third kappa shape index (κ3) is 1.49. The summed E-state index contributed by atoms with van der Waals surface area (Å²) in [6, 6.07) is 0. The minimum atomic E-state index is -0.0559. The van der Waals surface area contributed by atoms with Crippen LogP contribution in [0.3, 0.4) is 0 Å². The van der Waals surface area contributed by atoms with E-state index in [4.69, 9.17) is 4.74 Å². The Hall–Kier alpha value is -0.530. The molecule has 0 saturated heterocycles. The van der Waals surface area contributed by atoms with Gasteiger partial charge in [-0.25, -0.2) is 0 Å².